The van der Waals surface area contributed by atoms with Crippen LogP contribution in [0.5, 0.6) is 11.5 Å². The van der Waals surface area contributed by atoms with E-state index in [4.69, 9.17) is 22.1 Å². The van der Waals surface area contributed by atoms with E-state index in [1.165, 1.54) is 16.9 Å². The molecule has 2 aromatic heterocycles. The Morgan fingerprint density at radius 2 is 1.83 bits per heavy atom. The number of anilines is 1. The van der Waals surface area contributed by atoms with Crippen LogP contribution in [0.25, 0.3) is 16.6 Å². The first-order chi connectivity index (χ1) is 19.8. The van der Waals surface area contributed by atoms with Gasteiger partial charge in [-0.25, -0.2) is 9.07 Å². The lowest BCUT2D eigenvalue weighted by Gasteiger charge is -2.34. The number of ketones is 1. The fourth-order valence-corrected chi connectivity index (χ4v) is 5.72. The number of halogens is 2. The molecule has 1 aliphatic heterocycles. The number of aromatic amines is 1. The number of rotatable bonds is 7. The summed E-state index contributed by atoms with van der Waals surface area (Å²) in [4.78, 5) is 19.1. The van der Waals surface area contributed by atoms with Crippen LogP contribution in [0.1, 0.15) is 54.2 Å². The number of fused-ring (bicyclic) bond motifs is 1. The maximum atomic E-state index is 15.2. The van der Waals surface area contributed by atoms with Crippen LogP contribution < -0.4 is 10.5 Å². The Labute approximate surface area is 242 Å². The van der Waals surface area contributed by atoms with Gasteiger partial charge in [0, 0.05) is 22.0 Å². The smallest absolute Gasteiger partial charge is 0.214 e. The van der Waals surface area contributed by atoms with Crippen molar-refractivity contribution in [1.82, 2.24) is 19.7 Å². The number of likely N-dealkylation sites (tertiary alicyclic amines) is 1. The first-order valence-corrected chi connectivity index (χ1v) is 14.1. The van der Waals surface area contributed by atoms with Crippen LogP contribution in [0, 0.1) is 5.82 Å². The quantitative estimate of drug-likeness (QED) is 0.199. The summed E-state index contributed by atoms with van der Waals surface area (Å²) in [6.07, 6.45) is 3.28. The molecule has 0 bridgehead atoms. The van der Waals surface area contributed by atoms with Gasteiger partial charge in [-0.2, -0.15) is 5.10 Å². The number of hydrogen-bond acceptors (Lipinski definition) is 5. The number of nitrogens with two attached hydrogens (primary N) is 1. The van der Waals surface area contributed by atoms with Crippen molar-refractivity contribution in [3.8, 4) is 17.2 Å². The Balaban J connectivity index is 1.20. The molecule has 7 nitrogen and oxygen atoms in total. The molecule has 3 N–H and O–H groups in total. The highest BCUT2D eigenvalue weighted by molar-refractivity contribution is 6.30. The molecule has 3 aromatic carbocycles. The number of H-pyrrole nitrogens is 1. The van der Waals surface area contributed by atoms with Crippen LogP contribution in [0.4, 0.5) is 10.2 Å². The first kappa shape index (κ1) is 27.1. The second kappa shape index (κ2) is 11.0. The molecule has 0 radical (unpaired) electrons. The molecule has 5 aromatic rings. The van der Waals surface area contributed by atoms with Crippen LogP contribution in [0.15, 0.2) is 72.9 Å². The van der Waals surface area contributed by atoms with Crippen molar-refractivity contribution in [3.63, 3.8) is 0 Å². The van der Waals surface area contributed by atoms with E-state index in [-0.39, 0.29) is 28.9 Å². The lowest BCUT2D eigenvalue weighted by Crippen LogP contribution is -2.38. The molecule has 210 valence electrons. The van der Waals surface area contributed by atoms with Gasteiger partial charge in [0.05, 0.1) is 23.1 Å². The van der Waals surface area contributed by atoms with Gasteiger partial charge in [0.15, 0.2) is 0 Å². The van der Waals surface area contributed by atoms with Gasteiger partial charge in [-0.05, 0) is 112 Å². The summed E-state index contributed by atoms with van der Waals surface area (Å²) in [5, 5.41) is 5.59. The number of benzene rings is 3. The third kappa shape index (κ3) is 5.45. The molecular formula is C32H31ClFN5O2. The van der Waals surface area contributed by atoms with Crippen molar-refractivity contribution in [2.24, 2.45) is 0 Å². The Kier molecular flexibility index (Phi) is 7.28. The minimum atomic E-state index is -0.307. The van der Waals surface area contributed by atoms with Crippen molar-refractivity contribution >= 4 is 34.1 Å². The molecule has 0 saturated carbocycles. The molecule has 0 amide bonds. The van der Waals surface area contributed by atoms with E-state index in [2.05, 4.69) is 28.8 Å². The monoisotopic (exact) mass is 571 g/mol. The van der Waals surface area contributed by atoms with E-state index in [1.807, 2.05) is 18.2 Å². The van der Waals surface area contributed by atoms with E-state index in [0.717, 1.165) is 31.4 Å². The largest absolute Gasteiger partial charge is 0.457 e. The second-order valence-corrected chi connectivity index (χ2v) is 11.2. The van der Waals surface area contributed by atoms with E-state index in [0.29, 0.717) is 44.9 Å². The molecule has 1 aliphatic rings. The summed E-state index contributed by atoms with van der Waals surface area (Å²) in [7, 11) is 0. The predicted octanol–water partition coefficient (Wildman–Crippen LogP) is 7.34. The van der Waals surface area contributed by atoms with Gasteiger partial charge in [-0.1, -0.05) is 17.7 Å². The lowest BCUT2D eigenvalue weighted by atomic mass is 9.88. The van der Waals surface area contributed by atoms with Crippen molar-refractivity contribution in [2.45, 2.75) is 38.6 Å². The third-order valence-corrected chi connectivity index (χ3v) is 8.08. The highest BCUT2D eigenvalue weighted by Crippen LogP contribution is 2.34. The predicted molar refractivity (Wildman–Crippen MR) is 160 cm³/mol. The summed E-state index contributed by atoms with van der Waals surface area (Å²) in [6.45, 7) is 6.29. The fraction of sp³-hybridized carbons (Fsp3) is 0.250. The van der Waals surface area contributed by atoms with Crippen molar-refractivity contribution in [1.29, 1.82) is 0 Å². The number of hydrogen-bond donors (Lipinski definition) is 2. The molecule has 9 heteroatoms. The zero-order valence-corrected chi connectivity index (χ0v) is 23.7. The van der Waals surface area contributed by atoms with Gasteiger partial charge in [0.1, 0.15) is 23.1 Å². The van der Waals surface area contributed by atoms with Crippen LogP contribution in [-0.4, -0.2) is 44.6 Å². The minimum absolute atomic E-state index is 0.160. The van der Waals surface area contributed by atoms with Gasteiger partial charge in [0.25, 0.3) is 0 Å². The Morgan fingerprint density at radius 1 is 1.07 bits per heavy atom. The highest BCUT2D eigenvalue weighted by Gasteiger charge is 2.25. The maximum Gasteiger partial charge on any atom is 0.214 e. The normalized spacial score (nSPS) is 14.7. The Morgan fingerprint density at radius 3 is 2.54 bits per heavy atom. The van der Waals surface area contributed by atoms with E-state index >= 15 is 4.39 Å². The van der Waals surface area contributed by atoms with Crippen molar-refractivity contribution in [2.75, 3.05) is 18.8 Å². The van der Waals surface area contributed by atoms with Gasteiger partial charge >= 0.3 is 0 Å². The number of carbonyl (C=O) groups is 1. The van der Waals surface area contributed by atoms with Gasteiger partial charge < -0.3 is 20.4 Å². The number of nitrogens with zero attached hydrogens (tertiary/aromatic N) is 3. The zero-order chi connectivity index (χ0) is 28.7. The van der Waals surface area contributed by atoms with Crippen LogP contribution in [0.2, 0.25) is 5.02 Å². The van der Waals surface area contributed by atoms with Gasteiger partial charge in [0.2, 0.25) is 5.78 Å². The molecule has 1 fully saturated rings. The Hall–Kier alpha value is -4.14. The van der Waals surface area contributed by atoms with E-state index in [1.54, 1.807) is 42.5 Å². The number of nitrogen functional groups attached to an aromatic ring is 1. The molecule has 1 saturated heterocycles. The third-order valence-electron chi connectivity index (χ3n) is 7.85. The number of aromatic nitrogens is 3. The zero-order valence-electron chi connectivity index (χ0n) is 22.9. The molecule has 0 aliphatic carbocycles. The Bertz CT molecular complexity index is 1720. The number of nitrogens with one attached hydrogen (secondary N) is 1. The van der Waals surface area contributed by atoms with Crippen LogP contribution in [-0.2, 0) is 0 Å². The number of piperidine rings is 1. The molecule has 0 spiro atoms. The van der Waals surface area contributed by atoms with Crippen LogP contribution >= 0.6 is 11.6 Å². The standard InChI is InChI=1S/C32H31ClFN5O2/c1-19(2)38-12-10-20(11-13-38)26-17-29-21(14-28(26)34)15-30(37-29)31(40)27-18-36-39(32(27)35)23-6-8-24(9-7-23)41-25-5-3-4-22(33)16-25/h3-9,14-20,37H,10-13,35H2,1-2H3. The molecular weight excluding hydrogens is 541 g/mol. The molecule has 6 rings (SSSR count). The van der Waals surface area contributed by atoms with Crippen molar-refractivity contribution < 1.29 is 13.9 Å². The summed E-state index contributed by atoms with van der Waals surface area (Å²) >= 11 is 6.03. The molecule has 41 heavy (non-hydrogen) atoms. The minimum Gasteiger partial charge on any atom is -0.457 e. The summed E-state index contributed by atoms with van der Waals surface area (Å²) in [5.74, 6) is 1.08. The number of ether oxygens (including phenoxy) is 1. The molecule has 0 unspecified atom stereocenters. The SMILES string of the molecule is CC(C)N1CCC(c2cc3[nH]c(C(=O)c4cnn(-c5ccc(Oc6cccc(Cl)c6)cc5)c4N)cc3cc2F)CC1. The van der Waals surface area contributed by atoms with E-state index < -0.39 is 0 Å². The van der Waals surface area contributed by atoms with Gasteiger partial charge in [-0.15, -0.1) is 0 Å². The van der Waals surface area contributed by atoms with E-state index in [9.17, 15) is 4.79 Å². The van der Waals surface area contributed by atoms with Crippen LogP contribution in [0.3, 0.4) is 0 Å². The number of carbonyl (C=O) groups excluding carboxylic acids is 1. The highest BCUT2D eigenvalue weighted by atomic mass is 35.5. The first-order valence-electron chi connectivity index (χ1n) is 13.7. The maximum absolute atomic E-state index is 15.2. The summed E-state index contributed by atoms with van der Waals surface area (Å²) in [6, 6.07) is 19.9. The van der Waals surface area contributed by atoms with Crippen molar-refractivity contribution in [3.05, 3.63) is 101 Å². The fourth-order valence-electron chi connectivity index (χ4n) is 5.54. The average Bonchev–Trinajstić information content (AvgIpc) is 3.56. The lowest BCUT2D eigenvalue weighted by molar-refractivity contribution is 0.103. The second-order valence-electron chi connectivity index (χ2n) is 10.8. The average molecular weight is 572 g/mol. The topological polar surface area (TPSA) is 89.2 Å². The summed E-state index contributed by atoms with van der Waals surface area (Å²) < 4.78 is 22.5. The van der Waals surface area contributed by atoms with Gasteiger partial charge in [-0.3, -0.25) is 4.79 Å². The molecule has 3 heterocycles. The molecule has 0 atom stereocenters. The summed E-state index contributed by atoms with van der Waals surface area (Å²) in [5.41, 5.74) is 9.09.